The summed E-state index contributed by atoms with van der Waals surface area (Å²) >= 11 is 0. The summed E-state index contributed by atoms with van der Waals surface area (Å²) in [6.45, 7) is 6.30. The van der Waals surface area contributed by atoms with Crippen LogP contribution >= 0.6 is 0 Å². The van der Waals surface area contributed by atoms with Gasteiger partial charge < -0.3 is 10.2 Å². The van der Waals surface area contributed by atoms with Crippen LogP contribution in [0.2, 0.25) is 0 Å². The first-order valence-corrected chi connectivity index (χ1v) is 9.48. The lowest BCUT2D eigenvalue weighted by atomic mass is 9.76. The van der Waals surface area contributed by atoms with Crippen LogP contribution in [0, 0.1) is 5.41 Å². The quantitative estimate of drug-likeness (QED) is 0.834. The number of nitrogens with zero attached hydrogens (tertiary/aromatic N) is 1. The number of sulfone groups is 1. The van der Waals surface area contributed by atoms with Crippen LogP contribution in [0.4, 0.5) is 0 Å². The number of carbonyl (C=O) groups is 1. The molecule has 0 bridgehead atoms. The molecule has 116 valence electrons. The predicted molar refractivity (Wildman–Crippen MR) is 79.3 cm³/mol. The Morgan fingerprint density at radius 3 is 2.60 bits per heavy atom. The third-order valence-corrected chi connectivity index (χ3v) is 6.60. The van der Waals surface area contributed by atoms with Gasteiger partial charge in [-0.1, -0.05) is 6.92 Å². The van der Waals surface area contributed by atoms with Gasteiger partial charge in [-0.15, -0.1) is 0 Å². The number of piperidine rings is 1. The van der Waals surface area contributed by atoms with E-state index in [1.807, 2.05) is 11.8 Å². The van der Waals surface area contributed by atoms with Crippen molar-refractivity contribution in [2.75, 3.05) is 31.1 Å². The molecule has 20 heavy (non-hydrogen) atoms. The van der Waals surface area contributed by atoms with E-state index in [-0.39, 0.29) is 28.9 Å². The molecule has 2 fully saturated rings. The minimum atomic E-state index is -2.95. The molecule has 0 spiro atoms. The van der Waals surface area contributed by atoms with E-state index in [0.717, 1.165) is 32.4 Å². The van der Waals surface area contributed by atoms with Gasteiger partial charge in [0.05, 0.1) is 16.9 Å². The van der Waals surface area contributed by atoms with Crippen LogP contribution in [-0.2, 0) is 14.6 Å². The maximum atomic E-state index is 13.0. The summed E-state index contributed by atoms with van der Waals surface area (Å²) in [7, 11) is -2.95. The van der Waals surface area contributed by atoms with Crippen molar-refractivity contribution in [3.63, 3.8) is 0 Å². The second kappa shape index (κ2) is 6.02. The SMILES string of the molecule is CCN(C(=O)C1(CC)CCCNC1)C1CCS(=O)(=O)C1. The van der Waals surface area contributed by atoms with Gasteiger partial charge in [-0.05, 0) is 39.2 Å². The first kappa shape index (κ1) is 15.8. The van der Waals surface area contributed by atoms with Gasteiger partial charge in [-0.2, -0.15) is 0 Å². The molecule has 2 aliphatic rings. The molecule has 1 amide bonds. The van der Waals surface area contributed by atoms with Gasteiger partial charge in [0, 0.05) is 19.1 Å². The summed E-state index contributed by atoms with van der Waals surface area (Å²) in [6.07, 6.45) is 3.33. The van der Waals surface area contributed by atoms with Crippen molar-refractivity contribution in [3.8, 4) is 0 Å². The lowest BCUT2D eigenvalue weighted by Crippen LogP contribution is -2.54. The number of carbonyl (C=O) groups excluding carboxylic acids is 1. The smallest absolute Gasteiger partial charge is 0.230 e. The molecule has 2 saturated heterocycles. The highest BCUT2D eigenvalue weighted by Crippen LogP contribution is 2.34. The Morgan fingerprint density at radius 1 is 1.40 bits per heavy atom. The fourth-order valence-electron chi connectivity index (χ4n) is 3.50. The van der Waals surface area contributed by atoms with Crippen molar-refractivity contribution in [2.45, 2.75) is 45.6 Å². The average molecular weight is 302 g/mol. The Morgan fingerprint density at radius 2 is 2.15 bits per heavy atom. The van der Waals surface area contributed by atoms with E-state index in [2.05, 4.69) is 12.2 Å². The highest BCUT2D eigenvalue weighted by molar-refractivity contribution is 7.91. The van der Waals surface area contributed by atoms with Crippen LogP contribution in [0.25, 0.3) is 0 Å². The lowest BCUT2D eigenvalue weighted by molar-refractivity contribution is -0.145. The highest BCUT2D eigenvalue weighted by atomic mass is 32.2. The molecule has 1 N–H and O–H groups in total. The Kier molecular flexibility index (Phi) is 4.74. The van der Waals surface area contributed by atoms with Crippen molar-refractivity contribution in [2.24, 2.45) is 5.41 Å². The molecule has 0 aromatic rings. The van der Waals surface area contributed by atoms with Gasteiger partial charge >= 0.3 is 0 Å². The molecule has 0 aliphatic carbocycles. The van der Waals surface area contributed by atoms with Crippen molar-refractivity contribution in [1.29, 1.82) is 0 Å². The average Bonchev–Trinajstić information content (AvgIpc) is 2.80. The molecule has 2 rings (SSSR count). The summed E-state index contributed by atoms with van der Waals surface area (Å²) in [4.78, 5) is 14.8. The van der Waals surface area contributed by atoms with Crippen LogP contribution in [0.1, 0.15) is 39.5 Å². The van der Waals surface area contributed by atoms with E-state index in [1.165, 1.54) is 0 Å². The first-order valence-electron chi connectivity index (χ1n) is 7.66. The molecule has 5 nitrogen and oxygen atoms in total. The minimum Gasteiger partial charge on any atom is -0.338 e. The topological polar surface area (TPSA) is 66.5 Å². The third-order valence-electron chi connectivity index (χ3n) is 4.85. The van der Waals surface area contributed by atoms with E-state index < -0.39 is 9.84 Å². The van der Waals surface area contributed by atoms with Crippen LogP contribution < -0.4 is 5.32 Å². The second-order valence-electron chi connectivity index (χ2n) is 6.06. The highest BCUT2D eigenvalue weighted by Gasteiger charge is 2.44. The standard InChI is InChI=1S/C14H26N2O3S/c1-3-14(7-5-8-15-11-14)13(17)16(4-2)12-6-9-20(18,19)10-12/h12,15H,3-11H2,1-2H3. The van der Waals surface area contributed by atoms with E-state index in [1.54, 1.807) is 0 Å². The molecule has 0 saturated carbocycles. The van der Waals surface area contributed by atoms with E-state index >= 15 is 0 Å². The first-order chi connectivity index (χ1) is 9.44. The van der Waals surface area contributed by atoms with E-state index in [0.29, 0.717) is 13.0 Å². The van der Waals surface area contributed by atoms with Gasteiger partial charge in [0.15, 0.2) is 9.84 Å². The molecule has 2 atom stereocenters. The predicted octanol–water partition coefficient (Wildman–Crippen LogP) is 0.802. The number of hydrogen-bond donors (Lipinski definition) is 1. The summed E-state index contributed by atoms with van der Waals surface area (Å²) in [6, 6.07) is -0.122. The summed E-state index contributed by atoms with van der Waals surface area (Å²) < 4.78 is 23.3. The summed E-state index contributed by atoms with van der Waals surface area (Å²) in [5.74, 6) is 0.510. The Bertz CT molecular complexity index is 455. The molecule has 6 heteroatoms. The fraction of sp³-hybridized carbons (Fsp3) is 0.929. The van der Waals surface area contributed by atoms with Gasteiger partial charge in [0.25, 0.3) is 0 Å². The van der Waals surface area contributed by atoms with Crippen LogP contribution in [0.15, 0.2) is 0 Å². The molecule has 0 radical (unpaired) electrons. The second-order valence-corrected chi connectivity index (χ2v) is 8.29. The number of nitrogens with one attached hydrogen (secondary N) is 1. The van der Waals surface area contributed by atoms with Crippen molar-refractivity contribution in [3.05, 3.63) is 0 Å². The molecule has 2 heterocycles. The van der Waals surface area contributed by atoms with Gasteiger partial charge in [-0.3, -0.25) is 4.79 Å². The molecular formula is C14H26N2O3S. The molecule has 0 aromatic heterocycles. The summed E-state index contributed by atoms with van der Waals surface area (Å²) in [5, 5.41) is 3.33. The Hall–Kier alpha value is -0.620. The Balaban J connectivity index is 2.16. The molecule has 0 aromatic carbocycles. The largest absolute Gasteiger partial charge is 0.338 e. The molecular weight excluding hydrogens is 276 g/mol. The zero-order valence-electron chi connectivity index (χ0n) is 12.5. The number of hydrogen-bond acceptors (Lipinski definition) is 4. The zero-order valence-corrected chi connectivity index (χ0v) is 13.3. The minimum absolute atomic E-state index is 0.122. The van der Waals surface area contributed by atoms with Crippen molar-refractivity contribution >= 4 is 15.7 Å². The number of rotatable bonds is 4. The van der Waals surface area contributed by atoms with Gasteiger partial charge in [0.1, 0.15) is 0 Å². The zero-order chi connectivity index (χ0) is 14.8. The van der Waals surface area contributed by atoms with Gasteiger partial charge in [0.2, 0.25) is 5.91 Å². The van der Waals surface area contributed by atoms with Gasteiger partial charge in [-0.25, -0.2) is 8.42 Å². The third kappa shape index (κ3) is 3.01. The van der Waals surface area contributed by atoms with E-state index in [4.69, 9.17) is 0 Å². The van der Waals surface area contributed by atoms with Crippen LogP contribution in [0.3, 0.4) is 0 Å². The van der Waals surface area contributed by atoms with Crippen LogP contribution in [0.5, 0.6) is 0 Å². The molecule has 2 aliphatic heterocycles. The van der Waals surface area contributed by atoms with Crippen molar-refractivity contribution < 1.29 is 13.2 Å². The normalized spacial score (nSPS) is 33.0. The maximum Gasteiger partial charge on any atom is 0.230 e. The van der Waals surface area contributed by atoms with E-state index in [9.17, 15) is 13.2 Å². The maximum absolute atomic E-state index is 13.0. The van der Waals surface area contributed by atoms with Crippen molar-refractivity contribution in [1.82, 2.24) is 10.2 Å². The monoisotopic (exact) mass is 302 g/mol. The Labute approximate surface area is 122 Å². The lowest BCUT2D eigenvalue weighted by Gasteiger charge is -2.41. The fourth-order valence-corrected chi connectivity index (χ4v) is 5.23. The summed E-state index contributed by atoms with van der Waals surface area (Å²) in [5.41, 5.74) is -0.333. The molecule has 2 unspecified atom stereocenters. The van der Waals surface area contributed by atoms with Crippen LogP contribution in [-0.4, -0.2) is 56.4 Å². The number of amides is 1.